The normalized spacial score (nSPS) is 20.5. The first kappa shape index (κ1) is 8.47. The molecule has 2 nitrogen and oxygen atoms in total. The molecule has 0 N–H and O–H groups in total. The van der Waals surface area contributed by atoms with Crippen LogP contribution in [-0.2, 0) is 9.53 Å². The Hall–Kier alpha value is -0.630. The maximum Gasteiger partial charge on any atom is 0.168 e. The molecule has 0 aromatic carbocycles. The van der Waals surface area contributed by atoms with Gasteiger partial charge in [-0.05, 0) is 19.3 Å². The Kier molecular flexibility index (Phi) is 2.45. The number of carbonyl (C=O) groups is 1. The van der Waals surface area contributed by atoms with Crippen LogP contribution in [0.25, 0.3) is 0 Å². The Balaban J connectivity index is 2.54. The van der Waals surface area contributed by atoms with E-state index in [1.807, 2.05) is 0 Å². The van der Waals surface area contributed by atoms with Crippen LogP contribution in [0.15, 0.2) is 12.7 Å². The molecule has 0 atom stereocenters. The highest BCUT2D eigenvalue weighted by molar-refractivity contribution is 5.89. The third kappa shape index (κ3) is 1.36. The van der Waals surface area contributed by atoms with E-state index in [0.717, 1.165) is 19.3 Å². The Morgan fingerprint density at radius 3 is 2.64 bits per heavy atom. The molecule has 1 aliphatic rings. The second-order valence-electron chi connectivity index (χ2n) is 2.97. The zero-order chi connectivity index (χ0) is 8.32. The van der Waals surface area contributed by atoms with E-state index < -0.39 is 5.60 Å². The lowest BCUT2D eigenvalue weighted by atomic mass is 9.76. The summed E-state index contributed by atoms with van der Waals surface area (Å²) in [5, 5.41) is 0. The molecule has 2 heteroatoms. The summed E-state index contributed by atoms with van der Waals surface area (Å²) in [6, 6.07) is 0. The zero-order valence-corrected chi connectivity index (χ0v) is 6.93. The summed E-state index contributed by atoms with van der Waals surface area (Å²) in [5.41, 5.74) is -0.436. The van der Waals surface area contributed by atoms with Crippen molar-refractivity contribution in [3.05, 3.63) is 12.7 Å². The molecular weight excluding hydrogens is 140 g/mol. The van der Waals surface area contributed by atoms with Crippen molar-refractivity contribution in [2.24, 2.45) is 0 Å². The summed E-state index contributed by atoms with van der Waals surface area (Å²) in [6.07, 6.45) is 4.96. The average Bonchev–Trinajstić information content (AvgIpc) is 1.87. The van der Waals surface area contributed by atoms with E-state index in [4.69, 9.17) is 4.74 Å². The first-order valence-corrected chi connectivity index (χ1v) is 3.94. The van der Waals surface area contributed by atoms with Gasteiger partial charge in [0.15, 0.2) is 5.78 Å². The fourth-order valence-corrected chi connectivity index (χ4v) is 1.41. The molecule has 1 fully saturated rings. The minimum absolute atomic E-state index is 0.182. The molecule has 0 aromatic heterocycles. The molecule has 0 unspecified atom stereocenters. The molecular formula is C9H14O2. The van der Waals surface area contributed by atoms with Crippen LogP contribution in [0.5, 0.6) is 0 Å². The van der Waals surface area contributed by atoms with E-state index in [1.54, 1.807) is 13.2 Å². The van der Waals surface area contributed by atoms with Crippen LogP contribution in [0, 0.1) is 0 Å². The first-order valence-electron chi connectivity index (χ1n) is 3.94. The predicted molar refractivity (Wildman–Crippen MR) is 43.4 cm³/mol. The van der Waals surface area contributed by atoms with Crippen LogP contribution >= 0.6 is 0 Å². The third-order valence-electron chi connectivity index (χ3n) is 2.39. The summed E-state index contributed by atoms with van der Waals surface area (Å²) in [7, 11) is 1.61. The quantitative estimate of drug-likeness (QED) is 0.576. The van der Waals surface area contributed by atoms with Crippen molar-refractivity contribution in [3.63, 3.8) is 0 Å². The van der Waals surface area contributed by atoms with Gasteiger partial charge in [0.25, 0.3) is 0 Å². The molecule has 0 bridgehead atoms. The number of hydrogen-bond acceptors (Lipinski definition) is 2. The van der Waals surface area contributed by atoms with Crippen molar-refractivity contribution in [2.45, 2.75) is 31.3 Å². The summed E-state index contributed by atoms with van der Waals surface area (Å²) < 4.78 is 5.19. The molecule has 0 aliphatic heterocycles. The molecule has 0 amide bonds. The van der Waals surface area contributed by atoms with Gasteiger partial charge < -0.3 is 4.74 Å². The largest absolute Gasteiger partial charge is 0.370 e. The Morgan fingerprint density at radius 1 is 1.73 bits per heavy atom. The van der Waals surface area contributed by atoms with Crippen LogP contribution in [0.3, 0.4) is 0 Å². The SMILES string of the molecule is C=CCC(=O)C1(OC)CCC1. The molecule has 0 radical (unpaired) electrons. The van der Waals surface area contributed by atoms with Crippen LogP contribution in [0.4, 0.5) is 0 Å². The summed E-state index contributed by atoms with van der Waals surface area (Å²) in [4.78, 5) is 11.4. The van der Waals surface area contributed by atoms with Gasteiger partial charge in [0, 0.05) is 13.5 Å². The molecule has 0 spiro atoms. The van der Waals surface area contributed by atoms with Gasteiger partial charge in [-0.15, -0.1) is 6.58 Å². The summed E-state index contributed by atoms with van der Waals surface area (Å²) in [5.74, 6) is 0.182. The summed E-state index contributed by atoms with van der Waals surface area (Å²) >= 11 is 0. The first-order chi connectivity index (χ1) is 5.25. The van der Waals surface area contributed by atoms with E-state index in [9.17, 15) is 4.79 Å². The average molecular weight is 154 g/mol. The van der Waals surface area contributed by atoms with Gasteiger partial charge in [0.05, 0.1) is 0 Å². The number of Topliss-reactive ketones (excluding diaryl/α,β-unsaturated/α-hetero) is 1. The van der Waals surface area contributed by atoms with Gasteiger partial charge in [0.1, 0.15) is 5.60 Å². The number of methoxy groups -OCH3 is 1. The molecule has 0 saturated heterocycles. The number of carbonyl (C=O) groups excluding carboxylic acids is 1. The van der Waals surface area contributed by atoms with E-state index >= 15 is 0 Å². The van der Waals surface area contributed by atoms with Crippen molar-refractivity contribution in [3.8, 4) is 0 Å². The molecule has 1 aliphatic carbocycles. The highest BCUT2D eigenvalue weighted by Crippen LogP contribution is 2.36. The van der Waals surface area contributed by atoms with Gasteiger partial charge in [-0.2, -0.15) is 0 Å². The standard InChI is InChI=1S/C9H14O2/c1-3-5-8(10)9(11-2)6-4-7-9/h3H,1,4-7H2,2H3. The van der Waals surface area contributed by atoms with Crippen molar-refractivity contribution in [1.29, 1.82) is 0 Å². The maximum atomic E-state index is 11.4. The highest BCUT2D eigenvalue weighted by atomic mass is 16.5. The number of rotatable bonds is 4. The van der Waals surface area contributed by atoms with Crippen molar-refractivity contribution in [2.75, 3.05) is 7.11 Å². The summed E-state index contributed by atoms with van der Waals surface area (Å²) in [6.45, 7) is 3.53. The van der Waals surface area contributed by atoms with E-state index in [2.05, 4.69) is 6.58 Å². The van der Waals surface area contributed by atoms with E-state index in [-0.39, 0.29) is 5.78 Å². The predicted octanol–water partition coefficient (Wildman–Crippen LogP) is 1.70. The van der Waals surface area contributed by atoms with Crippen LogP contribution in [0.1, 0.15) is 25.7 Å². The number of ether oxygens (including phenoxy) is 1. The second-order valence-corrected chi connectivity index (χ2v) is 2.97. The molecule has 0 heterocycles. The van der Waals surface area contributed by atoms with Crippen molar-refractivity contribution < 1.29 is 9.53 Å². The monoisotopic (exact) mass is 154 g/mol. The highest BCUT2D eigenvalue weighted by Gasteiger charge is 2.42. The fourth-order valence-electron chi connectivity index (χ4n) is 1.41. The smallest absolute Gasteiger partial charge is 0.168 e. The maximum absolute atomic E-state index is 11.4. The van der Waals surface area contributed by atoms with Gasteiger partial charge >= 0.3 is 0 Å². The van der Waals surface area contributed by atoms with Crippen LogP contribution in [-0.4, -0.2) is 18.5 Å². The lowest BCUT2D eigenvalue weighted by Gasteiger charge is -2.38. The van der Waals surface area contributed by atoms with Gasteiger partial charge in [0.2, 0.25) is 0 Å². The Labute approximate surface area is 67.2 Å². The van der Waals surface area contributed by atoms with E-state index in [0.29, 0.717) is 6.42 Å². The minimum Gasteiger partial charge on any atom is -0.370 e. The third-order valence-corrected chi connectivity index (χ3v) is 2.39. The molecule has 11 heavy (non-hydrogen) atoms. The van der Waals surface area contributed by atoms with Crippen LogP contribution < -0.4 is 0 Å². The zero-order valence-electron chi connectivity index (χ0n) is 6.93. The molecule has 62 valence electrons. The number of ketones is 1. The molecule has 1 rings (SSSR count). The number of hydrogen-bond donors (Lipinski definition) is 0. The molecule has 1 saturated carbocycles. The Bertz CT molecular complexity index is 163. The van der Waals surface area contributed by atoms with Gasteiger partial charge in [-0.1, -0.05) is 6.08 Å². The molecule has 0 aromatic rings. The minimum atomic E-state index is -0.436. The topological polar surface area (TPSA) is 26.3 Å². The second kappa shape index (κ2) is 3.18. The fraction of sp³-hybridized carbons (Fsp3) is 0.667. The van der Waals surface area contributed by atoms with Crippen LogP contribution in [0.2, 0.25) is 0 Å². The number of allylic oxidation sites excluding steroid dienone is 1. The Morgan fingerprint density at radius 2 is 2.36 bits per heavy atom. The van der Waals surface area contributed by atoms with Crippen molar-refractivity contribution >= 4 is 5.78 Å². The van der Waals surface area contributed by atoms with Crippen molar-refractivity contribution in [1.82, 2.24) is 0 Å². The van der Waals surface area contributed by atoms with Gasteiger partial charge in [-0.25, -0.2) is 0 Å². The van der Waals surface area contributed by atoms with E-state index in [1.165, 1.54) is 0 Å². The lowest BCUT2D eigenvalue weighted by molar-refractivity contribution is -0.150. The lowest BCUT2D eigenvalue weighted by Crippen LogP contribution is -2.46. The van der Waals surface area contributed by atoms with Gasteiger partial charge in [-0.3, -0.25) is 4.79 Å².